The molecule has 2 rings (SSSR count). The number of thiazole rings is 1. The Morgan fingerprint density at radius 1 is 1.41 bits per heavy atom. The van der Waals surface area contributed by atoms with Crippen LogP contribution in [0.1, 0.15) is 55.4 Å². The Morgan fingerprint density at radius 2 is 2.06 bits per heavy atom. The Balaban J connectivity index is 2.30. The molecule has 0 N–H and O–H groups in total. The molecular formula is C13H20N2OS. The van der Waals surface area contributed by atoms with Crippen LogP contribution in [-0.2, 0) is 5.41 Å². The van der Waals surface area contributed by atoms with Crippen molar-refractivity contribution in [3.63, 3.8) is 0 Å². The molecule has 0 amide bonds. The van der Waals surface area contributed by atoms with E-state index in [2.05, 4.69) is 37.7 Å². The maximum atomic E-state index is 11.1. The number of carbonyl (C=O) groups excluding carboxylic acids is 1. The molecule has 17 heavy (non-hydrogen) atoms. The maximum Gasteiger partial charge on any atom is 0.186 e. The second-order valence-electron chi connectivity index (χ2n) is 5.77. The topological polar surface area (TPSA) is 33.2 Å². The number of nitrogens with zero attached hydrogens (tertiary/aromatic N) is 2. The lowest BCUT2D eigenvalue weighted by Crippen LogP contribution is -2.37. The third kappa shape index (κ3) is 2.37. The molecule has 0 aromatic carbocycles. The van der Waals surface area contributed by atoms with Crippen LogP contribution in [0.5, 0.6) is 0 Å². The predicted molar refractivity (Wildman–Crippen MR) is 72.2 cm³/mol. The van der Waals surface area contributed by atoms with Gasteiger partial charge in [0.1, 0.15) is 0 Å². The Hall–Kier alpha value is -0.900. The molecule has 1 saturated carbocycles. The molecule has 1 aromatic rings. The van der Waals surface area contributed by atoms with Crippen LogP contribution >= 0.6 is 11.3 Å². The average molecular weight is 252 g/mol. The lowest BCUT2D eigenvalue weighted by Gasteiger charge is -2.34. The number of aromatic nitrogens is 1. The first kappa shape index (κ1) is 12.6. The summed E-state index contributed by atoms with van der Waals surface area (Å²) in [6.45, 7) is 6.30. The number of aldehydes is 1. The zero-order valence-corrected chi connectivity index (χ0v) is 11.8. The van der Waals surface area contributed by atoms with Gasteiger partial charge >= 0.3 is 0 Å². The van der Waals surface area contributed by atoms with Crippen molar-refractivity contribution in [2.45, 2.75) is 51.5 Å². The van der Waals surface area contributed by atoms with Crippen LogP contribution in [0.2, 0.25) is 0 Å². The molecular weight excluding hydrogens is 232 g/mol. The van der Waals surface area contributed by atoms with Crippen LogP contribution in [0.4, 0.5) is 5.13 Å². The highest BCUT2D eigenvalue weighted by Crippen LogP contribution is 2.35. The molecule has 0 saturated heterocycles. The minimum atomic E-state index is -0.0640. The molecule has 94 valence electrons. The lowest BCUT2D eigenvalue weighted by atomic mass is 9.91. The number of rotatable bonds is 3. The molecule has 1 aromatic heterocycles. The van der Waals surface area contributed by atoms with E-state index in [1.54, 1.807) is 0 Å². The largest absolute Gasteiger partial charge is 0.348 e. The van der Waals surface area contributed by atoms with Gasteiger partial charge in [0, 0.05) is 18.5 Å². The fourth-order valence-corrected chi connectivity index (χ4v) is 3.14. The average Bonchev–Trinajstić information content (AvgIpc) is 2.57. The van der Waals surface area contributed by atoms with Crippen molar-refractivity contribution >= 4 is 22.8 Å². The Labute approximate surface area is 107 Å². The first-order valence-corrected chi connectivity index (χ1v) is 6.94. The molecule has 0 bridgehead atoms. The van der Waals surface area contributed by atoms with Crippen molar-refractivity contribution in [1.82, 2.24) is 4.98 Å². The van der Waals surface area contributed by atoms with E-state index in [-0.39, 0.29) is 5.41 Å². The van der Waals surface area contributed by atoms with Gasteiger partial charge in [-0.05, 0) is 19.3 Å². The van der Waals surface area contributed by atoms with Crippen LogP contribution in [0.3, 0.4) is 0 Å². The fourth-order valence-electron chi connectivity index (χ4n) is 2.02. The van der Waals surface area contributed by atoms with Crippen LogP contribution in [0, 0.1) is 0 Å². The molecule has 1 aliphatic carbocycles. The van der Waals surface area contributed by atoms with Gasteiger partial charge < -0.3 is 4.90 Å². The highest BCUT2D eigenvalue weighted by Gasteiger charge is 2.28. The summed E-state index contributed by atoms with van der Waals surface area (Å²) in [7, 11) is 2.09. The smallest absolute Gasteiger partial charge is 0.186 e. The first-order valence-electron chi connectivity index (χ1n) is 6.13. The zero-order valence-electron chi connectivity index (χ0n) is 11.0. The molecule has 1 aliphatic rings. The van der Waals surface area contributed by atoms with Gasteiger partial charge in [-0.2, -0.15) is 0 Å². The molecule has 3 nitrogen and oxygen atoms in total. The summed E-state index contributed by atoms with van der Waals surface area (Å²) in [5, 5.41) is 0.988. The van der Waals surface area contributed by atoms with E-state index in [4.69, 9.17) is 0 Å². The number of hydrogen-bond acceptors (Lipinski definition) is 4. The van der Waals surface area contributed by atoms with Crippen molar-refractivity contribution in [2.75, 3.05) is 11.9 Å². The maximum absolute atomic E-state index is 11.1. The van der Waals surface area contributed by atoms with Crippen molar-refractivity contribution in [3.05, 3.63) is 10.6 Å². The fraction of sp³-hybridized carbons (Fsp3) is 0.692. The van der Waals surface area contributed by atoms with E-state index >= 15 is 0 Å². The Morgan fingerprint density at radius 3 is 2.41 bits per heavy atom. The van der Waals surface area contributed by atoms with E-state index in [0.717, 1.165) is 22.0 Å². The SMILES string of the molecule is CN(c1nc(C(C)(C)C)c(C=O)s1)C1CCC1. The van der Waals surface area contributed by atoms with Crippen LogP contribution in [0.15, 0.2) is 0 Å². The molecule has 0 atom stereocenters. The number of carbonyl (C=O) groups is 1. The van der Waals surface area contributed by atoms with E-state index in [0.29, 0.717) is 6.04 Å². The van der Waals surface area contributed by atoms with E-state index < -0.39 is 0 Å². The van der Waals surface area contributed by atoms with Gasteiger partial charge in [0.25, 0.3) is 0 Å². The summed E-state index contributed by atoms with van der Waals surface area (Å²) in [4.78, 5) is 18.8. The van der Waals surface area contributed by atoms with Crippen molar-refractivity contribution in [3.8, 4) is 0 Å². The van der Waals surface area contributed by atoms with E-state index in [9.17, 15) is 4.79 Å². The molecule has 0 spiro atoms. The van der Waals surface area contributed by atoms with Gasteiger partial charge in [-0.1, -0.05) is 32.1 Å². The molecule has 0 aliphatic heterocycles. The van der Waals surface area contributed by atoms with E-state index in [1.165, 1.54) is 30.6 Å². The second-order valence-corrected chi connectivity index (χ2v) is 6.78. The van der Waals surface area contributed by atoms with Crippen LogP contribution in [-0.4, -0.2) is 24.4 Å². The summed E-state index contributed by atoms with van der Waals surface area (Å²) in [6, 6.07) is 0.619. The molecule has 4 heteroatoms. The summed E-state index contributed by atoms with van der Waals surface area (Å²) in [5.41, 5.74) is 0.865. The molecule has 1 heterocycles. The molecule has 0 radical (unpaired) electrons. The van der Waals surface area contributed by atoms with Gasteiger partial charge in [-0.3, -0.25) is 4.79 Å². The van der Waals surface area contributed by atoms with Gasteiger partial charge in [-0.25, -0.2) is 4.98 Å². The Kier molecular flexibility index (Phi) is 3.25. The standard InChI is InChI=1S/C13H20N2OS/c1-13(2,3)11-10(8-16)17-12(14-11)15(4)9-6-5-7-9/h8-9H,5-7H2,1-4H3. The van der Waals surface area contributed by atoms with Crippen molar-refractivity contribution < 1.29 is 4.79 Å². The highest BCUT2D eigenvalue weighted by molar-refractivity contribution is 7.17. The monoisotopic (exact) mass is 252 g/mol. The summed E-state index contributed by atoms with van der Waals surface area (Å²) < 4.78 is 0. The summed E-state index contributed by atoms with van der Waals surface area (Å²) >= 11 is 1.52. The lowest BCUT2D eigenvalue weighted by molar-refractivity contribution is 0.112. The van der Waals surface area contributed by atoms with Crippen molar-refractivity contribution in [2.24, 2.45) is 0 Å². The molecule has 1 fully saturated rings. The van der Waals surface area contributed by atoms with Crippen LogP contribution < -0.4 is 4.90 Å². The first-order chi connectivity index (χ1) is 7.93. The third-order valence-electron chi connectivity index (χ3n) is 3.38. The number of anilines is 1. The highest BCUT2D eigenvalue weighted by atomic mass is 32.1. The third-order valence-corrected chi connectivity index (χ3v) is 4.46. The van der Waals surface area contributed by atoms with Gasteiger partial charge in [-0.15, -0.1) is 0 Å². The minimum Gasteiger partial charge on any atom is -0.348 e. The predicted octanol–water partition coefficient (Wildman–Crippen LogP) is 3.24. The Bertz CT molecular complexity index is 416. The molecule has 0 unspecified atom stereocenters. The summed E-state index contributed by atoms with van der Waals surface area (Å²) in [6.07, 6.45) is 4.75. The van der Waals surface area contributed by atoms with Gasteiger partial charge in [0.2, 0.25) is 0 Å². The summed E-state index contributed by atoms with van der Waals surface area (Å²) in [5.74, 6) is 0. The van der Waals surface area contributed by atoms with Crippen LogP contribution in [0.25, 0.3) is 0 Å². The zero-order chi connectivity index (χ0) is 12.6. The minimum absolute atomic E-state index is 0.0640. The quantitative estimate of drug-likeness (QED) is 0.774. The normalized spacial score (nSPS) is 16.7. The van der Waals surface area contributed by atoms with Crippen molar-refractivity contribution in [1.29, 1.82) is 0 Å². The van der Waals surface area contributed by atoms with E-state index in [1.807, 2.05) is 0 Å². The van der Waals surface area contributed by atoms with Gasteiger partial charge in [0.05, 0.1) is 10.6 Å². The number of hydrogen-bond donors (Lipinski definition) is 0. The second kappa shape index (κ2) is 4.41. The van der Waals surface area contributed by atoms with Gasteiger partial charge in [0.15, 0.2) is 11.4 Å².